The molecule has 5 heteroatoms. The van der Waals surface area contributed by atoms with Gasteiger partial charge in [-0.3, -0.25) is 0 Å². The van der Waals surface area contributed by atoms with Gasteiger partial charge in [0.05, 0.1) is 0 Å². The van der Waals surface area contributed by atoms with Gasteiger partial charge in [0.25, 0.3) is 0 Å². The minimum atomic E-state index is -0.710. The van der Waals surface area contributed by atoms with Crippen LogP contribution in [-0.2, 0) is 4.65 Å². The Morgan fingerprint density at radius 1 is 1.38 bits per heavy atom. The molecule has 1 nitrogen and oxygen atoms in total. The third kappa shape index (κ3) is 6.89. The summed E-state index contributed by atoms with van der Waals surface area (Å²) in [6, 6.07) is 0. The summed E-state index contributed by atoms with van der Waals surface area (Å²) in [5.41, 5.74) is 0. The van der Waals surface area contributed by atoms with Crippen molar-refractivity contribution in [1.29, 1.82) is 0 Å². The maximum Gasteiger partial charge on any atom is 0.508 e. The van der Waals surface area contributed by atoms with Crippen molar-refractivity contribution in [2.75, 3.05) is 12.5 Å². The minimum absolute atomic E-state index is 0.529. The maximum absolute atomic E-state index is 5.32. The summed E-state index contributed by atoms with van der Waals surface area (Å²) in [4.78, 5) is 0. The summed E-state index contributed by atoms with van der Waals surface area (Å²) in [7, 11) is 0. The predicted molar refractivity (Wildman–Crippen MR) is 38.7 cm³/mol. The van der Waals surface area contributed by atoms with E-state index in [4.69, 9.17) is 39.2 Å². The third-order valence-electron chi connectivity index (χ3n) is 0.522. The van der Waals surface area contributed by atoms with Crippen molar-refractivity contribution in [3.8, 4) is 0 Å². The molecular formula is C3H6BCl3O. The van der Waals surface area contributed by atoms with Gasteiger partial charge in [0.15, 0.2) is 0 Å². The Morgan fingerprint density at radius 3 is 2.38 bits per heavy atom. The van der Waals surface area contributed by atoms with Gasteiger partial charge in [-0.05, 0) is 6.42 Å². The molecule has 0 rings (SSSR count). The molecule has 0 aromatic carbocycles. The van der Waals surface area contributed by atoms with Gasteiger partial charge in [0.1, 0.15) is 0 Å². The van der Waals surface area contributed by atoms with Crippen LogP contribution >= 0.6 is 34.5 Å². The molecular weight excluding hydrogens is 169 g/mol. The first-order valence-electron chi connectivity index (χ1n) is 2.23. The number of rotatable bonds is 4. The largest absolute Gasteiger partial charge is 0.508 e. The van der Waals surface area contributed by atoms with Gasteiger partial charge in [-0.15, -0.1) is 34.5 Å². The lowest BCUT2D eigenvalue weighted by Gasteiger charge is -1.96. The molecule has 0 saturated carbocycles. The molecule has 0 atom stereocenters. The molecule has 0 aromatic heterocycles. The quantitative estimate of drug-likeness (QED) is 0.361. The Labute approximate surface area is 64.2 Å². The summed E-state index contributed by atoms with van der Waals surface area (Å²) >= 11 is 15.7. The Balaban J connectivity index is 2.72. The van der Waals surface area contributed by atoms with E-state index < -0.39 is 5.75 Å². The lowest BCUT2D eigenvalue weighted by molar-refractivity contribution is 0.341. The van der Waals surface area contributed by atoms with Crippen LogP contribution in [0.3, 0.4) is 0 Å². The fraction of sp³-hybridized carbons (Fsp3) is 1.00. The van der Waals surface area contributed by atoms with Gasteiger partial charge in [-0.1, -0.05) is 0 Å². The van der Waals surface area contributed by atoms with Crippen LogP contribution in [0.1, 0.15) is 6.42 Å². The van der Waals surface area contributed by atoms with E-state index in [2.05, 4.69) is 0 Å². The van der Waals surface area contributed by atoms with Gasteiger partial charge in [-0.2, -0.15) is 0 Å². The van der Waals surface area contributed by atoms with Gasteiger partial charge in [-0.25, -0.2) is 0 Å². The molecule has 0 aliphatic carbocycles. The molecule has 0 heterocycles. The molecule has 8 heavy (non-hydrogen) atoms. The van der Waals surface area contributed by atoms with E-state index in [-0.39, 0.29) is 0 Å². The molecule has 0 saturated heterocycles. The highest BCUT2D eigenvalue weighted by molar-refractivity contribution is 7.30. The van der Waals surface area contributed by atoms with E-state index in [1.165, 1.54) is 0 Å². The summed E-state index contributed by atoms with van der Waals surface area (Å²) < 4.78 is 4.73. The average molecular weight is 175 g/mol. The molecule has 0 aliphatic rings. The zero-order valence-corrected chi connectivity index (χ0v) is 6.51. The summed E-state index contributed by atoms with van der Waals surface area (Å²) in [6.07, 6.45) is 0.789. The first kappa shape index (κ1) is 8.89. The second kappa shape index (κ2) is 6.02. The van der Waals surface area contributed by atoms with Gasteiger partial charge in [0.2, 0.25) is 0 Å². The van der Waals surface area contributed by atoms with Crippen LogP contribution in [0.25, 0.3) is 0 Å². The molecule has 0 spiro atoms. The second-order valence-electron chi connectivity index (χ2n) is 1.17. The SMILES string of the molecule is ClCCCOB(Cl)Cl. The highest BCUT2D eigenvalue weighted by Gasteiger charge is 2.04. The Hall–Kier alpha value is 0.895. The topological polar surface area (TPSA) is 9.23 Å². The van der Waals surface area contributed by atoms with Gasteiger partial charge < -0.3 is 4.65 Å². The van der Waals surface area contributed by atoms with E-state index in [0.29, 0.717) is 12.5 Å². The standard InChI is InChI=1S/C3H6BCl3O/c5-2-1-3-8-4(6)7/h1-3H2. The number of hydrogen-bond acceptors (Lipinski definition) is 1. The van der Waals surface area contributed by atoms with Crippen LogP contribution in [0.5, 0.6) is 0 Å². The zero-order chi connectivity index (χ0) is 6.41. The van der Waals surface area contributed by atoms with Gasteiger partial charge in [0, 0.05) is 12.5 Å². The molecule has 0 amide bonds. The highest BCUT2D eigenvalue weighted by atomic mass is 35.5. The summed E-state index contributed by atoms with van der Waals surface area (Å²) in [6.45, 7) is 0.529. The molecule has 0 bridgehead atoms. The molecule has 48 valence electrons. The molecule has 0 fully saturated rings. The monoisotopic (exact) mass is 174 g/mol. The van der Waals surface area contributed by atoms with Crippen molar-refractivity contribution in [3.05, 3.63) is 0 Å². The third-order valence-corrected chi connectivity index (χ3v) is 1.04. The van der Waals surface area contributed by atoms with Crippen LogP contribution in [0.2, 0.25) is 0 Å². The van der Waals surface area contributed by atoms with E-state index >= 15 is 0 Å². The van der Waals surface area contributed by atoms with Crippen LogP contribution in [0.15, 0.2) is 0 Å². The second-order valence-corrected chi connectivity index (χ2v) is 2.57. The van der Waals surface area contributed by atoms with E-state index in [9.17, 15) is 0 Å². The van der Waals surface area contributed by atoms with Crippen LogP contribution in [-0.4, -0.2) is 18.2 Å². The molecule has 0 aromatic rings. The Bertz CT molecular complexity index is 51.8. The molecule has 0 N–H and O–H groups in total. The summed E-state index contributed by atoms with van der Waals surface area (Å²) in [5.74, 6) is -0.126. The van der Waals surface area contributed by atoms with Crippen LogP contribution in [0, 0.1) is 0 Å². The lowest BCUT2D eigenvalue weighted by Crippen LogP contribution is -2.03. The average Bonchev–Trinajstić information content (AvgIpc) is 1.66. The fourth-order valence-electron chi connectivity index (χ4n) is 0.227. The zero-order valence-electron chi connectivity index (χ0n) is 4.24. The van der Waals surface area contributed by atoms with E-state index in [1.54, 1.807) is 0 Å². The van der Waals surface area contributed by atoms with Crippen molar-refractivity contribution < 1.29 is 4.65 Å². The van der Waals surface area contributed by atoms with Gasteiger partial charge >= 0.3 is 5.75 Å². The number of halogens is 3. The smallest absolute Gasteiger partial charge is 0.409 e. The van der Waals surface area contributed by atoms with Crippen molar-refractivity contribution in [2.24, 2.45) is 0 Å². The van der Waals surface area contributed by atoms with Crippen molar-refractivity contribution in [3.63, 3.8) is 0 Å². The normalized spacial score (nSPS) is 9.38. The Morgan fingerprint density at radius 2 is 2.00 bits per heavy atom. The summed E-state index contributed by atoms with van der Waals surface area (Å²) in [5, 5.41) is 0. The molecule has 0 unspecified atom stereocenters. The minimum Gasteiger partial charge on any atom is -0.409 e. The predicted octanol–water partition coefficient (Wildman–Crippen LogP) is 2.09. The fourth-order valence-corrected chi connectivity index (χ4v) is 0.514. The number of alkyl halides is 1. The molecule has 0 aliphatic heterocycles. The number of hydrogen-bond donors (Lipinski definition) is 0. The van der Waals surface area contributed by atoms with Crippen molar-refractivity contribution >= 4 is 40.3 Å². The first-order chi connectivity index (χ1) is 3.77. The highest BCUT2D eigenvalue weighted by Crippen LogP contribution is 1.98. The van der Waals surface area contributed by atoms with E-state index in [1.807, 2.05) is 0 Å². The van der Waals surface area contributed by atoms with Crippen LogP contribution < -0.4 is 0 Å². The van der Waals surface area contributed by atoms with Crippen molar-refractivity contribution in [1.82, 2.24) is 0 Å². The van der Waals surface area contributed by atoms with Crippen molar-refractivity contribution in [2.45, 2.75) is 6.42 Å². The maximum atomic E-state index is 5.32. The first-order valence-corrected chi connectivity index (χ1v) is 3.64. The lowest BCUT2D eigenvalue weighted by atomic mass is 10.4. The van der Waals surface area contributed by atoms with Crippen LogP contribution in [0.4, 0.5) is 0 Å². The molecule has 0 radical (unpaired) electrons. The Kier molecular flexibility index (Phi) is 6.70. The van der Waals surface area contributed by atoms with E-state index in [0.717, 1.165) is 6.42 Å².